The SMILES string of the molecule is c1ccc(-c2ccc(-c3cccc(-c4c5ccccc5c(-c5cccc(-c6ccc(-c7ccccc7)cc6)c5)c5cnccc45)c3)cc2)cc1. The first-order valence-corrected chi connectivity index (χ1v) is 17.1. The quantitative estimate of drug-likeness (QED) is 0.166. The van der Waals surface area contributed by atoms with Crippen molar-refractivity contribution in [2.75, 3.05) is 0 Å². The first-order chi connectivity index (χ1) is 24.8. The predicted molar refractivity (Wildman–Crippen MR) is 212 cm³/mol. The zero-order valence-corrected chi connectivity index (χ0v) is 27.5. The molecule has 0 unspecified atom stereocenters. The summed E-state index contributed by atoms with van der Waals surface area (Å²) in [5, 5.41) is 4.80. The maximum atomic E-state index is 4.66. The van der Waals surface area contributed by atoms with E-state index in [2.05, 4.69) is 193 Å². The average Bonchev–Trinajstić information content (AvgIpc) is 3.21. The van der Waals surface area contributed by atoms with E-state index in [0.29, 0.717) is 0 Å². The molecule has 0 fully saturated rings. The largest absolute Gasteiger partial charge is 0.264 e. The minimum Gasteiger partial charge on any atom is -0.264 e. The Morgan fingerprint density at radius 3 is 1.06 bits per heavy atom. The molecule has 0 saturated heterocycles. The van der Waals surface area contributed by atoms with Crippen LogP contribution in [0.2, 0.25) is 0 Å². The Hall–Kier alpha value is -6.57. The third-order valence-electron chi connectivity index (χ3n) is 9.78. The molecule has 0 atom stereocenters. The van der Waals surface area contributed by atoms with Gasteiger partial charge < -0.3 is 0 Å². The lowest BCUT2D eigenvalue weighted by molar-refractivity contribution is 1.37. The Kier molecular flexibility index (Phi) is 7.57. The lowest BCUT2D eigenvalue weighted by Crippen LogP contribution is -1.92. The molecule has 50 heavy (non-hydrogen) atoms. The smallest absolute Gasteiger partial charge is 0.0353 e. The number of pyridine rings is 1. The molecule has 0 aliphatic rings. The number of hydrogen-bond acceptors (Lipinski definition) is 1. The van der Waals surface area contributed by atoms with Gasteiger partial charge in [-0.05, 0) is 101 Å². The molecule has 9 aromatic rings. The van der Waals surface area contributed by atoms with Crippen molar-refractivity contribution in [1.82, 2.24) is 4.98 Å². The van der Waals surface area contributed by atoms with E-state index < -0.39 is 0 Å². The normalized spacial score (nSPS) is 11.2. The van der Waals surface area contributed by atoms with E-state index in [4.69, 9.17) is 0 Å². The van der Waals surface area contributed by atoms with E-state index in [1.807, 2.05) is 12.4 Å². The van der Waals surface area contributed by atoms with Crippen LogP contribution in [0.15, 0.2) is 200 Å². The van der Waals surface area contributed by atoms with Crippen molar-refractivity contribution in [2.24, 2.45) is 0 Å². The zero-order valence-electron chi connectivity index (χ0n) is 27.5. The van der Waals surface area contributed by atoms with E-state index in [-0.39, 0.29) is 0 Å². The molecule has 0 radical (unpaired) electrons. The fourth-order valence-corrected chi connectivity index (χ4v) is 7.32. The van der Waals surface area contributed by atoms with Gasteiger partial charge in [0.05, 0.1) is 0 Å². The Morgan fingerprint density at radius 2 is 0.580 bits per heavy atom. The van der Waals surface area contributed by atoms with Gasteiger partial charge in [0.2, 0.25) is 0 Å². The van der Waals surface area contributed by atoms with Gasteiger partial charge in [-0.25, -0.2) is 0 Å². The first-order valence-electron chi connectivity index (χ1n) is 17.1. The van der Waals surface area contributed by atoms with Gasteiger partial charge in [0.15, 0.2) is 0 Å². The first kappa shape index (κ1) is 29.6. The Balaban J connectivity index is 1.15. The summed E-state index contributed by atoms with van der Waals surface area (Å²) < 4.78 is 0. The third kappa shape index (κ3) is 5.45. The van der Waals surface area contributed by atoms with Crippen molar-refractivity contribution >= 4 is 21.5 Å². The molecule has 0 aliphatic heterocycles. The fraction of sp³-hybridized carbons (Fsp3) is 0. The molecule has 0 saturated carbocycles. The predicted octanol–water partition coefficient (Wildman–Crippen LogP) is 13.4. The highest BCUT2D eigenvalue weighted by atomic mass is 14.6. The highest BCUT2D eigenvalue weighted by Gasteiger charge is 2.17. The number of nitrogens with zero attached hydrogens (tertiary/aromatic N) is 1. The van der Waals surface area contributed by atoms with Crippen LogP contribution in [0, 0.1) is 0 Å². The summed E-state index contributed by atoms with van der Waals surface area (Å²) in [6, 6.07) is 67.8. The van der Waals surface area contributed by atoms with Gasteiger partial charge in [-0.15, -0.1) is 0 Å². The number of aromatic nitrogens is 1. The second kappa shape index (κ2) is 12.8. The minimum atomic E-state index is 1.15. The van der Waals surface area contributed by atoms with Crippen molar-refractivity contribution in [3.05, 3.63) is 200 Å². The van der Waals surface area contributed by atoms with Gasteiger partial charge in [0.25, 0.3) is 0 Å². The number of rotatable bonds is 6. The maximum Gasteiger partial charge on any atom is 0.0353 e. The van der Waals surface area contributed by atoms with Crippen LogP contribution < -0.4 is 0 Å². The van der Waals surface area contributed by atoms with Crippen molar-refractivity contribution < 1.29 is 0 Å². The van der Waals surface area contributed by atoms with Gasteiger partial charge in [0.1, 0.15) is 0 Å². The maximum absolute atomic E-state index is 4.66. The summed E-state index contributed by atoms with van der Waals surface area (Å²) in [5.41, 5.74) is 14.5. The van der Waals surface area contributed by atoms with E-state index in [1.165, 1.54) is 82.9 Å². The van der Waals surface area contributed by atoms with Crippen LogP contribution in [0.1, 0.15) is 0 Å². The highest BCUT2D eigenvalue weighted by molar-refractivity contribution is 6.21. The summed E-state index contributed by atoms with van der Waals surface area (Å²) in [6.45, 7) is 0. The van der Waals surface area contributed by atoms with Crippen LogP contribution >= 0.6 is 0 Å². The number of benzene rings is 8. The summed E-state index contributed by atoms with van der Waals surface area (Å²) in [6.07, 6.45) is 3.95. The van der Waals surface area contributed by atoms with E-state index in [9.17, 15) is 0 Å². The second-order valence-corrected chi connectivity index (χ2v) is 12.8. The second-order valence-electron chi connectivity index (χ2n) is 12.8. The summed E-state index contributed by atoms with van der Waals surface area (Å²) >= 11 is 0. The molecule has 0 N–H and O–H groups in total. The molecule has 1 heteroatoms. The standard InChI is InChI=1S/C49H33N/c1-3-11-34(12-4-1)36-21-25-38(26-22-36)40-15-9-17-42(31-40)48-44-19-7-8-20-45(44)49(47-33-50-30-29-46(47)48)43-18-10-16-41(32-43)39-27-23-37(24-28-39)35-13-5-2-6-14-35/h1-33H. The fourth-order valence-electron chi connectivity index (χ4n) is 7.32. The van der Waals surface area contributed by atoms with Crippen LogP contribution in [0.25, 0.3) is 88.3 Å². The van der Waals surface area contributed by atoms with E-state index in [0.717, 1.165) is 5.39 Å². The molecule has 0 amide bonds. The van der Waals surface area contributed by atoms with Crippen molar-refractivity contribution in [3.8, 4) is 66.8 Å². The van der Waals surface area contributed by atoms with Crippen molar-refractivity contribution in [2.45, 2.75) is 0 Å². The summed E-state index contributed by atoms with van der Waals surface area (Å²) in [7, 11) is 0. The van der Waals surface area contributed by atoms with E-state index >= 15 is 0 Å². The van der Waals surface area contributed by atoms with Gasteiger partial charge in [-0.1, -0.05) is 170 Å². The summed E-state index contributed by atoms with van der Waals surface area (Å²) in [5.74, 6) is 0. The number of hydrogen-bond donors (Lipinski definition) is 0. The lowest BCUT2D eigenvalue weighted by atomic mass is 9.85. The van der Waals surface area contributed by atoms with Crippen molar-refractivity contribution in [3.63, 3.8) is 0 Å². The molecule has 1 aromatic heterocycles. The highest BCUT2D eigenvalue weighted by Crippen LogP contribution is 2.44. The van der Waals surface area contributed by atoms with Crippen LogP contribution in [-0.4, -0.2) is 4.98 Å². The topological polar surface area (TPSA) is 12.9 Å². The molecule has 0 aliphatic carbocycles. The average molecular weight is 636 g/mol. The van der Waals surface area contributed by atoms with Crippen LogP contribution in [0.3, 0.4) is 0 Å². The van der Waals surface area contributed by atoms with E-state index in [1.54, 1.807) is 0 Å². The van der Waals surface area contributed by atoms with Crippen LogP contribution in [0.5, 0.6) is 0 Å². The molecule has 1 nitrogen and oxygen atoms in total. The molecular weight excluding hydrogens is 603 g/mol. The minimum absolute atomic E-state index is 1.15. The molecule has 0 spiro atoms. The van der Waals surface area contributed by atoms with Crippen molar-refractivity contribution in [1.29, 1.82) is 0 Å². The Labute approximate surface area is 292 Å². The molecular formula is C49H33N. The van der Waals surface area contributed by atoms with Gasteiger partial charge in [-0.3, -0.25) is 4.98 Å². The molecule has 0 bridgehead atoms. The Bertz CT molecular complexity index is 2360. The molecule has 8 aromatic carbocycles. The summed E-state index contributed by atoms with van der Waals surface area (Å²) in [4.78, 5) is 4.66. The Morgan fingerprint density at radius 1 is 0.240 bits per heavy atom. The van der Waals surface area contributed by atoms with Gasteiger partial charge in [0, 0.05) is 17.8 Å². The molecule has 234 valence electrons. The zero-order chi connectivity index (χ0) is 33.3. The molecule has 1 heterocycles. The monoisotopic (exact) mass is 635 g/mol. The third-order valence-corrected chi connectivity index (χ3v) is 9.78. The van der Waals surface area contributed by atoms with Crippen LogP contribution in [0.4, 0.5) is 0 Å². The van der Waals surface area contributed by atoms with Gasteiger partial charge >= 0.3 is 0 Å². The van der Waals surface area contributed by atoms with Crippen LogP contribution in [-0.2, 0) is 0 Å². The molecule has 9 rings (SSSR count). The van der Waals surface area contributed by atoms with Gasteiger partial charge in [-0.2, -0.15) is 0 Å². The lowest BCUT2D eigenvalue weighted by Gasteiger charge is -2.18. The number of fused-ring (bicyclic) bond motifs is 2.